The number of rotatable bonds is 9. The number of benzene rings is 2. The molecule has 1 unspecified atom stereocenters. The minimum absolute atomic E-state index is 0.0108. The van der Waals surface area contributed by atoms with Crippen LogP contribution >= 0.6 is 0 Å². The highest BCUT2D eigenvalue weighted by Gasteiger charge is 2.48. The Morgan fingerprint density at radius 3 is 1.69 bits per heavy atom. The largest absolute Gasteiger partial charge is 0.467 e. The molecule has 5 fully saturated rings. The van der Waals surface area contributed by atoms with Gasteiger partial charge in [0.15, 0.2) is 5.78 Å². The molecule has 2 N–H and O–H groups in total. The molecule has 5 heterocycles. The van der Waals surface area contributed by atoms with E-state index >= 15 is 0 Å². The number of hydrogen-bond donors (Lipinski definition) is 2. The average molecular weight is 851 g/mol. The molecule has 4 amide bonds. The summed E-state index contributed by atoms with van der Waals surface area (Å²) in [5.41, 5.74) is 0.869. The number of likely N-dealkylation sites (tertiary alicyclic amines) is 3. The van der Waals surface area contributed by atoms with Gasteiger partial charge >= 0.3 is 30.3 Å². The van der Waals surface area contributed by atoms with Gasteiger partial charge in [0, 0.05) is 56.9 Å². The van der Waals surface area contributed by atoms with Gasteiger partial charge in [0.2, 0.25) is 0 Å². The second kappa shape index (κ2) is 20.4. The first-order valence-corrected chi connectivity index (χ1v) is 20.8. The SMILES string of the molecule is CC(=O)C1CN1C(=O)OCc1ccccc1.CC(C)(C)OC(=O)N1C[C@@H]2C[C@@H]1CN2.COC(=O)[C@H](CN1C[C@@H]2C[C@H]1CN2C(=O)OC(C)(C)C)NC(=O)OCc1ccccc1. The van der Waals surface area contributed by atoms with E-state index in [-0.39, 0.29) is 61.5 Å². The van der Waals surface area contributed by atoms with Crippen LogP contribution in [0.15, 0.2) is 60.7 Å². The van der Waals surface area contributed by atoms with Crippen molar-refractivity contribution in [3.8, 4) is 0 Å². The maximum absolute atomic E-state index is 12.4. The minimum atomic E-state index is -0.859. The Kier molecular flexibility index (Phi) is 15.6. The molecule has 0 saturated carbocycles. The zero-order valence-corrected chi connectivity index (χ0v) is 36.6. The quantitative estimate of drug-likeness (QED) is 0.201. The van der Waals surface area contributed by atoms with Crippen molar-refractivity contribution < 1.29 is 52.5 Å². The van der Waals surface area contributed by atoms with E-state index in [0.29, 0.717) is 31.7 Å². The number of ether oxygens (including phenoxy) is 5. The lowest BCUT2D eigenvalue weighted by Gasteiger charge is -2.36. The highest BCUT2D eigenvalue weighted by Crippen LogP contribution is 2.32. The molecule has 334 valence electrons. The number of esters is 1. The number of Topliss-reactive ketones (excluding diaryl/α,β-unsaturated/α-hetero) is 1. The zero-order valence-electron chi connectivity index (χ0n) is 36.6. The molecule has 5 aliphatic heterocycles. The van der Waals surface area contributed by atoms with Crippen molar-refractivity contribution in [3.05, 3.63) is 71.8 Å². The average Bonchev–Trinajstić information content (AvgIpc) is 3.51. The first kappa shape index (κ1) is 46.6. The summed E-state index contributed by atoms with van der Waals surface area (Å²) in [5.74, 6) is -0.528. The summed E-state index contributed by atoms with van der Waals surface area (Å²) in [6.07, 6.45) is 0.325. The van der Waals surface area contributed by atoms with E-state index in [4.69, 9.17) is 23.7 Å². The Morgan fingerprint density at radius 1 is 0.689 bits per heavy atom. The smallest absolute Gasteiger partial charge is 0.410 e. The third kappa shape index (κ3) is 14.1. The number of carbonyl (C=O) groups excluding carboxylic acids is 6. The van der Waals surface area contributed by atoms with Gasteiger partial charge in [0.05, 0.1) is 13.7 Å². The maximum atomic E-state index is 12.4. The predicted octanol–water partition coefficient (Wildman–Crippen LogP) is 4.71. The van der Waals surface area contributed by atoms with Crippen LogP contribution in [0, 0.1) is 0 Å². The number of methoxy groups -OCH3 is 1. The zero-order chi connectivity index (χ0) is 44.5. The number of fused-ring (bicyclic) bond motifs is 4. The normalized spacial score (nSPS) is 22.8. The van der Waals surface area contributed by atoms with Crippen LogP contribution in [0.1, 0.15) is 72.4 Å². The molecule has 0 aliphatic carbocycles. The summed E-state index contributed by atoms with van der Waals surface area (Å²) in [7, 11) is 1.28. The summed E-state index contributed by atoms with van der Waals surface area (Å²) < 4.78 is 26.0. The molecule has 17 nitrogen and oxygen atoms in total. The van der Waals surface area contributed by atoms with Crippen molar-refractivity contribution >= 4 is 36.1 Å². The van der Waals surface area contributed by atoms with Crippen molar-refractivity contribution in [2.45, 2.75) is 122 Å². The fourth-order valence-electron chi connectivity index (χ4n) is 7.58. The van der Waals surface area contributed by atoms with Crippen LogP contribution in [-0.4, -0.2) is 150 Å². The lowest BCUT2D eigenvalue weighted by atomic mass is 10.2. The van der Waals surface area contributed by atoms with Crippen LogP contribution in [0.5, 0.6) is 0 Å². The fraction of sp³-hybridized carbons (Fsp3) is 0.591. The van der Waals surface area contributed by atoms with Gasteiger partial charge in [-0.2, -0.15) is 0 Å². The first-order valence-electron chi connectivity index (χ1n) is 20.8. The van der Waals surface area contributed by atoms with Crippen LogP contribution in [0.4, 0.5) is 19.2 Å². The number of carbonyl (C=O) groups is 6. The monoisotopic (exact) mass is 850 g/mol. The van der Waals surface area contributed by atoms with Crippen molar-refractivity contribution in [2.24, 2.45) is 0 Å². The number of ketones is 1. The summed E-state index contributed by atoms with van der Waals surface area (Å²) in [6.45, 7) is 16.7. The topological polar surface area (TPSA) is 185 Å². The molecule has 61 heavy (non-hydrogen) atoms. The molecule has 17 heteroatoms. The number of piperazine rings is 2. The maximum Gasteiger partial charge on any atom is 0.410 e. The van der Waals surface area contributed by atoms with Crippen LogP contribution < -0.4 is 10.6 Å². The molecule has 0 aromatic heterocycles. The van der Waals surface area contributed by atoms with Crippen LogP contribution in [-0.2, 0) is 46.5 Å². The number of hydrogen-bond acceptors (Lipinski definition) is 13. The summed E-state index contributed by atoms with van der Waals surface area (Å²) in [5, 5.41) is 5.96. The van der Waals surface area contributed by atoms with E-state index in [0.717, 1.165) is 37.1 Å². The highest BCUT2D eigenvalue weighted by atomic mass is 16.6. The summed E-state index contributed by atoms with van der Waals surface area (Å²) >= 11 is 0. The van der Waals surface area contributed by atoms with E-state index in [1.54, 1.807) is 4.90 Å². The molecular formula is C44H62N6O11. The lowest BCUT2D eigenvalue weighted by Crippen LogP contribution is -2.55. The molecule has 4 bridgehead atoms. The molecule has 0 spiro atoms. The van der Waals surface area contributed by atoms with Gasteiger partial charge < -0.3 is 44.1 Å². The van der Waals surface area contributed by atoms with E-state index in [1.165, 1.54) is 18.9 Å². The Hall–Kier alpha value is -5.42. The molecule has 5 aliphatic rings. The van der Waals surface area contributed by atoms with Gasteiger partial charge in [-0.3, -0.25) is 14.6 Å². The van der Waals surface area contributed by atoms with Crippen LogP contribution in [0.3, 0.4) is 0 Å². The van der Waals surface area contributed by atoms with Crippen molar-refractivity contribution in [1.29, 1.82) is 0 Å². The second-order valence-corrected chi connectivity index (χ2v) is 17.9. The number of nitrogens with one attached hydrogen (secondary N) is 2. The van der Waals surface area contributed by atoms with E-state index in [1.807, 2.05) is 107 Å². The Bertz CT molecular complexity index is 1840. The third-order valence-corrected chi connectivity index (χ3v) is 10.6. The summed E-state index contributed by atoms with van der Waals surface area (Å²) in [4.78, 5) is 78.1. The molecule has 6 atom stereocenters. The number of alkyl carbamates (subject to hydrolysis) is 1. The van der Waals surface area contributed by atoms with Gasteiger partial charge in [-0.1, -0.05) is 60.7 Å². The van der Waals surface area contributed by atoms with E-state index in [9.17, 15) is 28.8 Å². The van der Waals surface area contributed by atoms with Gasteiger partial charge in [-0.25, -0.2) is 24.0 Å². The molecule has 7 rings (SSSR count). The molecular weight excluding hydrogens is 789 g/mol. The number of amides is 4. The second-order valence-electron chi connectivity index (χ2n) is 17.9. The Morgan fingerprint density at radius 2 is 1.25 bits per heavy atom. The van der Waals surface area contributed by atoms with Gasteiger partial charge in [-0.15, -0.1) is 0 Å². The predicted molar refractivity (Wildman–Crippen MR) is 223 cm³/mol. The molecule has 2 aromatic carbocycles. The lowest BCUT2D eigenvalue weighted by molar-refractivity contribution is -0.143. The van der Waals surface area contributed by atoms with E-state index in [2.05, 4.69) is 15.5 Å². The van der Waals surface area contributed by atoms with Crippen molar-refractivity contribution in [3.63, 3.8) is 0 Å². The van der Waals surface area contributed by atoms with Crippen molar-refractivity contribution in [2.75, 3.05) is 46.4 Å². The highest BCUT2D eigenvalue weighted by molar-refractivity contribution is 5.90. The Balaban J connectivity index is 0.000000195. The summed E-state index contributed by atoms with van der Waals surface area (Å²) in [6, 6.07) is 18.6. The first-order chi connectivity index (χ1) is 28.8. The molecule has 2 aromatic rings. The number of nitrogens with zero attached hydrogens (tertiary/aromatic N) is 4. The molecule has 0 radical (unpaired) electrons. The van der Waals surface area contributed by atoms with Gasteiger partial charge in [-0.05, 0) is 72.4 Å². The van der Waals surface area contributed by atoms with E-state index < -0.39 is 29.8 Å². The fourth-order valence-corrected chi connectivity index (χ4v) is 7.58. The minimum Gasteiger partial charge on any atom is -0.467 e. The van der Waals surface area contributed by atoms with Gasteiger partial charge in [0.25, 0.3) is 0 Å². The third-order valence-electron chi connectivity index (χ3n) is 10.6. The van der Waals surface area contributed by atoms with Gasteiger partial charge in [0.1, 0.15) is 36.5 Å². The standard InChI is InChI=1S/C22H31N3O6.C12H13NO3.C10H18N2O2/c1-22(2,3)31-21(28)25-12-16-10-17(25)11-24(16)13-18(19(26)29-4)23-20(27)30-14-15-8-6-5-7-9-15;1-9(14)11-7-13(11)12(15)16-8-10-5-3-2-4-6-10;1-10(2,3)14-9(13)12-6-7-4-8(12)5-11-7/h5-9,16-18H,10-14H2,1-4H3,(H,23,27);2-6,11H,7-8H2,1H3;7-8,11H,4-6H2,1-3H3/t16-,17-,18-;;7-,8+/m0.0/s1. The van der Waals surface area contributed by atoms with Crippen molar-refractivity contribution in [1.82, 2.24) is 30.2 Å². The van der Waals surface area contributed by atoms with Crippen LogP contribution in [0.25, 0.3) is 0 Å². The Labute approximate surface area is 358 Å². The van der Waals surface area contributed by atoms with Crippen LogP contribution in [0.2, 0.25) is 0 Å². The molecule has 5 saturated heterocycles.